The lowest BCUT2D eigenvalue weighted by Gasteiger charge is -2.23. The van der Waals surface area contributed by atoms with E-state index in [0.29, 0.717) is 12.8 Å². The Morgan fingerprint density at radius 3 is 2.18 bits per heavy atom. The molecule has 0 aromatic carbocycles. The first-order valence-corrected chi connectivity index (χ1v) is 13.2. The zero-order valence-electron chi connectivity index (χ0n) is 20.8. The molecule has 1 aliphatic rings. The van der Waals surface area contributed by atoms with E-state index in [1.165, 1.54) is 51.5 Å². The standard InChI is InChI=1S/C21H25ClF2N8O5S/c1-11(15(35-2)16-25-8-12(22)9-26-16)38(33,34)31-20-30-29-19(21(5-6-21)7-13(23)24)32(20)14-17(36-3)27-10-28-18(14)37-4/h8-11,13,15H,5-7H2,1-4H3,(H,30,31)/t11-,15-/m0/s1. The predicted octanol–water partition coefficient (Wildman–Crippen LogP) is 2.72. The summed E-state index contributed by atoms with van der Waals surface area (Å²) in [5.74, 6) is -0.137. The van der Waals surface area contributed by atoms with E-state index in [-0.39, 0.29) is 40.1 Å². The maximum absolute atomic E-state index is 13.5. The molecule has 38 heavy (non-hydrogen) atoms. The maximum atomic E-state index is 13.5. The summed E-state index contributed by atoms with van der Waals surface area (Å²) >= 11 is 5.85. The molecule has 2 atom stereocenters. The van der Waals surface area contributed by atoms with Crippen LogP contribution >= 0.6 is 11.6 Å². The van der Waals surface area contributed by atoms with Crippen LogP contribution in [0.15, 0.2) is 18.7 Å². The lowest BCUT2D eigenvalue weighted by molar-refractivity contribution is 0.0950. The smallest absolute Gasteiger partial charge is 0.245 e. The second-order valence-electron chi connectivity index (χ2n) is 8.57. The molecule has 0 aliphatic heterocycles. The van der Waals surface area contributed by atoms with Crippen molar-refractivity contribution in [1.29, 1.82) is 0 Å². The number of aromatic nitrogens is 7. The maximum Gasteiger partial charge on any atom is 0.245 e. The quantitative estimate of drug-likeness (QED) is 0.339. The van der Waals surface area contributed by atoms with Crippen molar-refractivity contribution < 1.29 is 31.4 Å². The number of hydrogen-bond donors (Lipinski definition) is 1. The van der Waals surface area contributed by atoms with E-state index in [9.17, 15) is 17.2 Å². The summed E-state index contributed by atoms with van der Waals surface area (Å²) in [7, 11) is -0.285. The molecule has 0 saturated heterocycles. The number of anilines is 1. The van der Waals surface area contributed by atoms with Crippen molar-refractivity contribution in [3.8, 4) is 17.4 Å². The van der Waals surface area contributed by atoms with Crippen LogP contribution in [-0.4, -0.2) is 76.1 Å². The van der Waals surface area contributed by atoms with Gasteiger partial charge in [-0.3, -0.25) is 9.29 Å². The van der Waals surface area contributed by atoms with Crippen LogP contribution in [0.3, 0.4) is 0 Å². The number of nitrogens with zero attached hydrogens (tertiary/aromatic N) is 7. The molecular formula is C21H25ClF2N8O5S. The molecule has 3 heterocycles. The number of rotatable bonds is 12. The van der Waals surface area contributed by atoms with Crippen LogP contribution in [0, 0.1) is 0 Å². The van der Waals surface area contributed by atoms with Crippen molar-refractivity contribution in [1.82, 2.24) is 34.7 Å². The fourth-order valence-electron chi connectivity index (χ4n) is 4.07. The van der Waals surface area contributed by atoms with Gasteiger partial charge in [-0.25, -0.2) is 27.2 Å². The van der Waals surface area contributed by atoms with Gasteiger partial charge in [0.2, 0.25) is 34.2 Å². The molecule has 0 bridgehead atoms. The number of halogens is 3. The Morgan fingerprint density at radius 2 is 1.68 bits per heavy atom. The van der Waals surface area contributed by atoms with Gasteiger partial charge in [0.15, 0.2) is 11.5 Å². The molecule has 1 saturated carbocycles. The highest BCUT2D eigenvalue weighted by Crippen LogP contribution is 2.53. The monoisotopic (exact) mass is 574 g/mol. The Kier molecular flexibility index (Phi) is 7.94. The second-order valence-corrected chi connectivity index (χ2v) is 11.0. The first-order valence-electron chi connectivity index (χ1n) is 11.3. The topological polar surface area (TPSA) is 156 Å². The third-order valence-corrected chi connectivity index (χ3v) is 8.09. The SMILES string of the molecule is COc1ncnc(OC)c1-n1c(NS(=O)(=O)[C@@H](C)[C@H](OC)c2ncc(Cl)cn2)nnc1C1(CC(F)F)CC1. The molecule has 13 nitrogen and oxygen atoms in total. The molecule has 4 rings (SSSR count). The van der Waals surface area contributed by atoms with E-state index in [4.69, 9.17) is 25.8 Å². The van der Waals surface area contributed by atoms with Crippen molar-refractivity contribution >= 4 is 27.6 Å². The van der Waals surface area contributed by atoms with E-state index in [0.717, 1.165) is 0 Å². The summed E-state index contributed by atoms with van der Waals surface area (Å²) in [4.78, 5) is 16.2. The molecule has 0 spiro atoms. The molecule has 17 heteroatoms. The van der Waals surface area contributed by atoms with Crippen molar-refractivity contribution in [3.05, 3.63) is 35.4 Å². The first-order chi connectivity index (χ1) is 18.1. The minimum absolute atomic E-state index is 0.0106. The molecule has 3 aromatic heterocycles. The van der Waals surface area contributed by atoms with Gasteiger partial charge in [0, 0.05) is 31.3 Å². The van der Waals surface area contributed by atoms with Crippen molar-refractivity contribution in [3.63, 3.8) is 0 Å². The molecule has 3 aromatic rings. The highest BCUT2D eigenvalue weighted by molar-refractivity contribution is 7.93. The van der Waals surface area contributed by atoms with E-state index < -0.39 is 39.6 Å². The fraction of sp³-hybridized carbons (Fsp3) is 0.524. The van der Waals surface area contributed by atoms with Crippen molar-refractivity contribution in [2.24, 2.45) is 0 Å². The minimum Gasteiger partial charge on any atom is -0.479 e. The summed E-state index contributed by atoms with van der Waals surface area (Å²) < 4.78 is 73.8. The molecule has 0 amide bonds. The predicted molar refractivity (Wildman–Crippen MR) is 130 cm³/mol. The van der Waals surface area contributed by atoms with Crippen LogP contribution in [0.25, 0.3) is 5.69 Å². The number of nitrogens with one attached hydrogen (secondary N) is 1. The highest BCUT2D eigenvalue weighted by Gasteiger charge is 2.51. The van der Waals surface area contributed by atoms with E-state index in [2.05, 4.69) is 34.9 Å². The van der Waals surface area contributed by atoms with Gasteiger partial charge in [-0.2, -0.15) is 9.97 Å². The Balaban J connectivity index is 1.81. The van der Waals surface area contributed by atoms with Gasteiger partial charge in [0.05, 0.1) is 19.2 Å². The van der Waals surface area contributed by atoms with Crippen LogP contribution in [0.1, 0.15) is 43.9 Å². The van der Waals surface area contributed by atoms with E-state index >= 15 is 0 Å². The summed E-state index contributed by atoms with van der Waals surface area (Å²) in [6.07, 6.45) is 0.409. The second kappa shape index (κ2) is 10.9. The molecule has 1 fully saturated rings. The summed E-state index contributed by atoms with van der Waals surface area (Å²) in [6.45, 7) is 1.39. The zero-order valence-corrected chi connectivity index (χ0v) is 22.4. The summed E-state index contributed by atoms with van der Waals surface area (Å²) in [6, 6.07) is 0. The van der Waals surface area contributed by atoms with Gasteiger partial charge in [0.1, 0.15) is 23.5 Å². The zero-order chi connectivity index (χ0) is 27.7. The van der Waals surface area contributed by atoms with Crippen LogP contribution in [0.4, 0.5) is 14.7 Å². The van der Waals surface area contributed by atoms with Crippen LogP contribution in [0.2, 0.25) is 5.02 Å². The average molecular weight is 575 g/mol. The Bertz CT molecular complexity index is 1370. The van der Waals surface area contributed by atoms with Crippen molar-refractivity contribution in [2.75, 3.05) is 26.1 Å². The van der Waals surface area contributed by atoms with Gasteiger partial charge >= 0.3 is 0 Å². The van der Waals surface area contributed by atoms with Crippen LogP contribution < -0.4 is 14.2 Å². The lowest BCUT2D eigenvalue weighted by Crippen LogP contribution is -2.33. The summed E-state index contributed by atoms with van der Waals surface area (Å²) in [5.41, 5.74) is -0.984. The minimum atomic E-state index is -4.27. The molecule has 0 radical (unpaired) electrons. The Hall–Kier alpha value is -3.24. The lowest BCUT2D eigenvalue weighted by atomic mass is 10.0. The molecule has 1 N–H and O–H groups in total. The van der Waals surface area contributed by atoms with Gasteiger partial charge in [-0.15, -0.1) is 10.2 Å². The molecule has 206 valence electrons. The van der Waals surface area contributed by atoms with Gasteiger partial charge in [0.25, 0.3) is 0 Å². The third kappa shape index (κ3) is 5.33. The highest BCUT2D eigenvalue weighted by atomic mass is 35.5. The van der Waals surface area contributed by atoms with Gasteiger partial charge in [-0.05, 0) is 19.8 Å². The van der Waals surface area contributed by atoms with Crippen molar-refractivity contribution in [2.45, 2.75) is 49.4 Å². The molecule has 1 aliphatic carbocycles. The first kappa shape index (κ1) is 27.8. The molecule has 0 unspecified atom stereocenters. The largest absolute Gasteiger partial charge is 0.479 e. The Labute approximate surface area is 222 Å². The number of sulfonamides is 1. The number of hydrogen-bond acceptors (Lipinski definition) is 11. The third-order valence-electron chi connectivity index (χ3n) is 6.20. The number of methoxy groups -OCH3 is 3. The van der Waals surface area contributed by atoms with Crippen LogP contribution in [-0.2, 0) is 20.2 Å². The Morgan fingerprint density at radius 1 is 1.08 bits per heavy atom. The van der Waals surface area contributed by atoms with E-state index in [1.807, 2.05) is 0 Å². The fourth-order valence-corrected chi connectivity index (χ4v) is 5.30. The summed E-state index contributed by atoms with van der Waals surface area (Å²) in [5, 5.41) is 7.16. The number of alkyl halides is 2. The van der Waals surface area contributed by atoms with Crippen LogP contribution in [0.5, 0.6) is 11.8 Å². The van der Waals surface area contributed by atoms with Gasteiger partial charge < -0.3 is 14.2 Å². The molecular weight excluding hydrogens is 550 g/mol. The average Bonchev–Trinajstić information content (AvgIpc) is 3.54. The van der Waals surface area contributed by atoms with E-state index in [1.54, 1.807) is 0 Å². The number of ether oxygens (including phenoxy) is 3. The normalized spacial score (nSPS) is 16.2. The van der Waals surface area contributed by atoms with Gasteiger partial charge in [-0.1, -0.05) is 11.6 Å².